The topological polar surface area (TPSA) is 72.2 Å². The zero-order valence-electron chi connectivity index (χ0n) is 11.2. The molecule has 0 saturated carbocycles. The molecule has 0 radical (unpaired) electrons. The molecular formula is C13H22N2O2S. The maximum absolute atomic E-state index is 10.8. The van der Waals surface area contributed by atoms with E-state index in [-0.39, 0.29) is 11.8 Å². The monoisotopic (exact) mass is 270 g/mol. The third-order valence-electron chi connectivity index (χ3n) is 2.96. The highest BCUT2D eigenvalue weighted by Gasteiger charge is 2.08. The lowest BCUT2D eigenvalue weighted by Crippen LogP contribution is -2.24. The highest BCUT2D eigenvalue weighted by atomic mass is 32.2. The molecule has 1 aromatic rings. The Balaban J connectivity index is 2.50. The van der Waals surface area contributed by atoms with Crippen LogP contribution in [0, 0.1) is 13.8 Å². The first-order chi connectivity index (χ1) is 8.29. The number of nitrogens with two attached hydrogens (primary N) is 1. The van der Waals surface area contributed by atoms with Crippen LogP contribution < -0.4 is 10.5 Å². The van der Waals surface area contributed by atoms with Crippen molar-refractivity contribution >= 4 is 10.0 Å². The number of sulfonamides is 1. The molecule has 4 nitrogen and oxygen atoms in total. The van der Waals surface area contributed by atoms with Gasteiger partial charge in [0.15, 0.2) is 0 Å². The number of hydrogen-bond donors (Lipinski definition) is 2. The Morgan fingerprint density at radius 2 is 2.00 bits per heavy atom. The summed E-state index contributed by atoms with van der Waals surface area (Å²) < 4.78 is 21.6. The van der Waals surface area contributed by atoms with E-state index in [4.69, 9.17) is 5.14 Å². The molecule has 0 aliphatic heterocycles. The maximum Gasteiger partial charge on any atom is 0.209 e. The van der Waals surface area contributed by atoms with Crippen LogP contribution in [0.4, 0.5) is 0 Å². The molecule has 0 heterocycles. The zero-order chi connectivity index (χ0) is 13.8. The third kappa shape index (κ3) is 5.16. The second-order valence-corrected chi connectivity index (χ2v) is 6.49. The van der Waals surface area contributed by atoms with E-state index < -0.39 is 10.0 Å². The van der Waals surface area contributed by atoms with Crippen LogP contribution in [0.2, 0.25) is 0 Å². The van der Waals surface area contributed by atoms with Gasteiger partial charge in [-0.2, -0.15) is 0 Å². The Morgan fingerprint density at radius 1 is 1.33 bits per heavy atom. The van der Waals surface area contributed by atoms with Crippen LogP contribution in [0.5, 0.6) is 0 Å². The van der Waals surface area contributed by atoms with Crippen molar-refractivity contribution < 1.29 is 8.42 Å². The standard InChI is InChI=1S/C13H22N2O2S/c1-10-5-6-11(2)13(9-10)12(3)15-7-4-8-18(14,16)17/h5-6,9,12,15H,4,7-8H2,1-3H3,(H2,14,16,17). The average Bonchev–Trinajstić information content (AvgIpc) is 2.26. The molecule has 102 valence electrons. The van der Waals surface area contributed by atoms with Gasteiger partial charge in [-0.1, -0.05) is 23.8 Å². The molecule has 5 heteroatoms. The Kier molecular flexibility index (Phi) is 5.31. The zero-order valence-corrected chi connectivity index (χ0v) is 12.0. The summed E-state index contributed by atoms with van der Waals surface area (Å²) in [6, 6.07) is 6.57. The van der Waals surface area contributed by atoms with Gasteiger partial charge in [0.05, 0.1) is 5.75 Å². The molecule has 0 fully saturated rings. The van der Waals surface area contributed by atoms with Crippen LogP contribution in [-0.4, -0.2) is 20.7 Å². The Morgan fingerprint density at radius 3 is 2.61 bits per heavy atom. The SMILES string of the molecule is Cc1ccc(C)c(C(C)NCCCS(N)(=O)=O)c1. The molecule has 1 atom stereocenters. The first-order valence-corrected chi connectivity index (χ1v) is 7.82. The van der Waals surface area contributed by atoms with Crippen molar-refractivity contribution in [3.63, 3.8) is 0 Å². The van der Waals surface area contributed by atoms with Gasteiger partial charge in [-0.3, -0.25) is 0 Å². The van der Waals surface area contributed by atoms with E-state index in [1.165, 1.54) is 16.7 Å². The van der Waals surface area contributed by atoms with Gasteiger partial charge in [0.25, 0.3) is 0 Å². The molecule has 0 saturated heterocycles. The van der Waals surface area contributed by atoms with Crippen molar-refractivity contribution in [2.75, 3.05) is 12.3 Å². The van der Waals surface area contributed by atoms with Crippen LogP contribution in [-0.2, 0) is 10.0 Å². The summed E-state index contributed by atoms with van der Waals surface area (Å²) in [6.07, 6.45) is 0.536. The second-order valence-electron chi connectivity index (χ2n) is 4.76. The number of aryl methyl sites for hydroxylation is 2. The van der Waals surface area contributed by atoms with E-state index in [0.717, 1.165) is 0 Å². The van der Waals surface area contributed by atoms with Crippen molar-refractivity contribution in [2.45, 2.75) is 33.2 Å². The number of benzene rings is 1. The quantitative estimate of drug-likeness (QED) is 0.772. The van der Waals surface area contributed by atoms with Gasteiger partial charge in [0.2, 0.25) is 10.0 Å². The van der Waals surface area contributed by atoms with Gasteiger partial charge in [-0.05, 0) is 44.9 Å². The molecule has 0 aliphatic carbocycles. The largest absolute Gasteiger partial charge is 0.310 e. The minimum Gasteiger partial charge on any atom is -0.310 e. The summed E-state index contributed by atoms with van der Waals surface area (Å²) in [4.78, 5) is 0. The highest BCUT2D eigenvalue weighted by molar-refractivity contribution is 7.89. The summed E-state index contributed by atoms with van der Waals surface area (Å²) in [5.74, 6) is 0.0273. The minimum atomic E-state index is -3.34. The van der Waals surface area contributed by atoms with Crippen LogP contribution in [0.25, 0.3) is 0 Å². The summed E-state index contributed by atoms with van der Waals surface area (Å²) in [5, 5.41) is 8.27. The minimum absolute atomic E-state index is 0.0273. The molecule has 0 bridgehead atoms. The van der Waals surface area contributed by atoms with E-state index in [2.05, 4.69) is 44.3 Å². The molecule has 0 aromatic heterocycles. The van der Waals surface area contributed by atoms with E-state index in [9.17, 15) is 8.42 Å². The molecule has 18 heavy (non-hydrogen) atoms. The lowest BCUT2D eigenvalue weighted by molar-refractivity contribution is 0.559. The number of primary sulfonamides is 1. The molecule has 0 aliphatic rings. The lowest BCUT2D eigenvalue weighted by Gasteiger charge is -2.17. The van der Waals surface area contributed by atoms with Crippen LogP contribution >= 0.6 is 0 Å². The van der Waals surface area contributed by atoms with Crippen molar-refractivity contribution in [3.05, 3.63) is 34.9 Å². The predicted molar refractivity (Wildman–Crippen MR) is 74.9 cm³/mol. The van der Waals surface area contributed by atoms with Gasteiger partial charge in [0, 0.05) is 6.04 Å². The van der Waals surface area contributed by atoms with Crippen molar-refractivity contribution in [2.24, 2.45) is 5.14 Å². The molecule has 1 rings (SSSR count). The summed E-state index contributed by atoms with van der Waals surface area (Å²) in [7, 11) is -3.34. The molecule has 0 amide bonds. The van der Waals surface area contributed by atoms with Crippen molar-refractivity contribution in [1.29, 1.82) is 0 Å². The van der Waals surface area contributed by atoms with E-state index in [0.29, 0.717) is 13.0 Å². The molecule has 3 N–H and O–H groups in total. The summed E-state index contributed by atoms with van der Waals surface area (Å²) in [5.41, 5.74) is 3.73. The summed E-state index contributed by atoms with van der Waals surface area (Å²) >= 11 is 0. The van der Waals surface area contributed by atoms with E-state index >= 15 is 0 Å². The fraction of sp³-hybridized carbons (Fsp3) is 0.538. The number of hydrogen-bond acceptors (Lipinski definition) is 3. The smallest absolute Gasteiger partial charge is 0.209 e. The van der Waals surface area contributed by atoms with E-state index in [1.54, 1.807) is 0 Å². The third-order valence-corrected chi connectivity index (χ3v) is 3.82. The molecule has 1 unspecified atom stereocenters. The first-order valence-electron chi connectivity index (χ1n) is 6.10. The van der Waals surface area contributed by atoms with Gasteiger partial charge in [-0.25, -0.2) is 13.6 Å². The number of rotatable bonds is 6. The van der Waals surface area contributed by atoms with Crippen molar-refractivity contribution in [3.8, 4) is 0 Å². The Hall–Kier alpha value is -0.910. The van der Waals surface area contributed by atoms with E-state index in [1.807, 2.05) is 0 Å². The molecular weight excluding hydrogens is 248 g/mol. The van der Waals surface area contributed by atoms with Gasteiger partial charge >= 0.3 is 0 Å². The average molecular weight is 270 g/mol. The maximum atomic E-state index is 10.8. The Labute approximate surface area is 110 Å². The fourth-order valence-corrected chi connectivity index (χ4v) is 2.47. The molecule has 0 spiro atoms. The number of nitrogens with one attached hydrogen (secondary N) is 1. The molecule has 1 aromatic carbocycles. The Bertz CT molecular complexity index is 498. The summed E-state index contributed by atoms with van der Waals surface area (Å²) in [6.45, 7) is 6.87. The van der Waals surface area contributed by atoms with Crippen molar-refractivity contribution in [1.82, 2.24) is 5.32 Å². The van der Waals surface area contributed by atoms with Gasteiger partial charge < -0.3 is 5.32 Å². The first kappa shape index (κ1) is 15.1. The van der Waals surface area contributed by atoms with Gasteiger partial charge in [-0.15, -0.1) is 0 Å². The van der Waals surface area contributed by atoms with Crippen LogP contribution in [0.1, 0.15) is 36.1 Å². The van der Waals surface area contributed by atoms with Gasteiger partial charge in [0.1, 0.15) is 0 Å². The highest BCUT2D eigenvalue weighted by Crippen LogP contribution is 2.18. The second kappa shape index (κ2) is 6.31. The predicted octanol–water partition coefficient (Wildman–Crippen LogP) is 1.63. The van der Waals surface area contributed by atoms with Crippen LogP contribution in [0.3, 0.4) is 0 Å². The lowest BCUT2D eigenvalue weighted by atomic mass is 10.00. The van der Waals surface area contributed by atoms with Crippen LogP contribution in [0.15, 0.2) is 18.2 Å². The fourth-order valence-electron chi connectivity index (χ4n) is 1.93. The normalized spacial score (nSPS) is 13.6.